The molecule has 1 atom stereocenters. The van der Waals surface area contributed by atoms with E-state index in [1.807, 2.05) is 30.7 Å². The van der Waals surface area contributed by atoms with Gasteiger partial charge in [0.1, 0.15) is 5.65 Å². The SMILES string of the molecule is CC(N)c1cc2cccnc2n1C. The summed E-state index contributed by atoms with van der Waals surface area (Å²) < 4.78 is 2.04. The Kier molecular flexibility index (Phi) is 1.81. The highest BCUT2D eigenvalue weighted by Gasteiger charge is 2.08. The average molecular weight is 175 g/mol. The monoisotopic (exact) mass is 175 g/mol. The van der Waals surface area contributed by atoms with Gasteiger partial charge in [0.15, 0.2) is 0 Å². The zero-order chi connectivity index (χ0) is 9.42. The van der Waals surface area contributed by atoms with E-state index >= 15 is 0 Å². The van der Waals surface area contributed by atoms with Crippen LogP contribution in [0.3, 0.4) is 0 Å². The minimum absolute atomic E-state index is 0.0548. The maximum absolute atomic E-state index is 5.83. The van der Waals surface area contributed by atoms with Gasteiger partial charge in [-0.25, -0.2) is 4.98 Å². The van der Waals surface area contributed by atoms with Gasteiger partial charge in [-0.2, -0.15) is 0 Å². The Labute approximate surface area is 77.2 Å². The number of nitrogens with two attached hydrogens (primary N) is 1. The molecule has 0 bridgehead atoms. The number of rotatable bonds is 1. The Morgan fingerprint density at radius 3 is 2.92 bits per heavy atom. The molecule has 2 N–H and O–H groups in total. The lowest BCUT2D eigenvalue weighted by atomic mass is 10.2. The zero-order valence-electron chi connectivity index (χ0n) is 7.86. The van der Waals surface area contributed by atoms with Crippen molar-refractivity contribution in [3.05, 3.63) is 30.1 Å². The highest BCUT2D eigenvalue weighted by Crippen LogP contribution is 2.19. The molecule has 0 fully saturated rings. The van der Waals surface area contributed by atoms with Gasteiger partial charge in [0.05, 0.1) is 0 Å². The van der Waals surface area contributed by atoms with Crippen molar-refractivity contribution < 1.29 is 0 Å². The largest absolute Gasteiger partial charge is 0.331 e. The summed E-state index contributed by atoms with van der Waals surface area (Å²) in [5, 5.41) is 1.15. The van der Waals surface area contributed by atoms with Crippen LogP contribution in [0, 0.1) is 0 Å². The number of hydrogen-bond donors (Lipinski definition) is 1. The quantitative estimate of drug-likeness (QED) is 0.715. The third-order valence-corrected chi connectivity index (χ3v) is 2.29. The smallest absolute Gasteiger partial charge is 0.139 e. The van der Waals surface area contributed by atoms with Crippen LogP contribution in [0.15, 0.2) is 24.4 Å². The first-order valence-electron chi connectivity index (χ1n) is 4.36. The minimum Gasteiger partial charge on any atom is -0.331 e. The van der Waals surface area contributed by atoms with Gasteiger partial charge < -0.3 is 10.3 Å². The molecule has 0 aromatic carbocycles. The maximum atomic E-state index is 5.83. The Balaban J connectivity index is 2.74. The van der Waals surface area contributed by atoms with Gasteiger partial charge in [0.2, 0.25) is 0 Å². The Hall–Kier alpha value is -1.35. The van der Waals surface area contributed by atoms with Crippen LogP contribution < -0.4 is 5.73 Å². The first kappa shape index (κ1) is 8.26. The average Bonchev–Trinajstić information content (AvgIpc) is 2.45. The third-order valence-electron chi connectivity index (χ3n) is 2.29. The van der Waals surface area contributed by atoms with Crippen LogP contribution in [0.25, 0.3) is 11.0 Å². The lowest BCUT2D eigenvalue weighted by Gasteiger charge is -2.05. The molecule has 2 aromatic rings. The van der Waals surface area contributed by atoms with Crippen LogP contribution in [0.5, 0.6) is 0 Å². The van der Waals surface area contributed by atoms with E-state index < -0.39 is 0 Å². The predicted molar refractivity (Wildman–Crippen MR) is 53.3 cm³/mol. The van der Waals surface area contributed by atoms with Crippen LogP contribution in [0.1, 0.15) is 18.7 Å². The molecule has 3 nitrogen and oxygen atoms in total. The van der Waals surface area contributed by atoms with Crippen molar-refractivity contribution in [2.75, 3.05) is 0 Å². The van der Waals surface area contributed by atoms with Gasteiger partial charge >= 0.3 is 0 Å². The second-order valence-corrected chi connectivity index (χ2v) is 3.33. The Bertz CT molecular complexity index is 429. The summed E-state index contributed by atoms with van der Waals surface area (Å²) in [5.41, 5.74) is 7.94. The van der Waals surface area contributed by atoms with Gasteiger partial charge in [0.25, 0.3) is 0 Å². The molecule has 68 valence electrons. The Morgan fingerprint density at radius 1 is 1.54 bits per heavy atom. The molecule has 0 aliphatic rings. The van der Waals surface area contributed by atoms with Crippen molar-refractivity contribution in [1.29, 1.82) is 0 Å². The van der Waals surface area contributed by atoms with E-state index in [9.17, 15) is 0 Å². The lowest BCUT2D eigenvalue weighted by Crippen LogP contribution is -2.09. The van der Waals surface area contributed by atoms with Gasteiger partial charge in [-0.15, -0.1) is 0 Å². The summed E-state index contributed by atoms with van der Waals surface area (Å²) in [6.07, 6.45) is 1.80. The molecule has 0 saturated carbocycles. The minimum atomic E-state index is 0.0548. The molecule has 1 unspecified atom stereocenters. The fraction of sp³-hybridized carbons (Fsp3) is 0.300. The number of fused-ring (bicyclic) bond motifs is 1. The second kappa shape index (κ2) is 2.85. The molecular formula is C10H13N3. The molecule has 2 heterocycles. The van der Waals surface area contributed by atoms with E-state index in [0.717, 1.165) is 16.7 Å². The van der Waals surface area contributed by atoms with Gasteiger partial charge in [-0.3, -0.25) is 0 Å². The zero-order valence-corrected chi connectivity index (χ0v) is 7.86. The molecular weight excluding hydrogens is 162 g/mol. The van der Waals surface area contributed by atoms with E-state index in [1.165, 1.54) is 0 Å². The summed E-state index contributed by atoms with van der Waals surface area (Å²) >= 11 is 0. The van der Waals surface area contributed by atoms with Crippen LogP contribution >= 0.6 is 0 Å². The summed E-state index contributed by atoms with van der Waals surface area (Å²) in [6.45, 7) is 1.98. The van der Waals surface area contributed by atoms with Crippen molar-refractivity contribution in [2.45, 2.75) is 13.0 Å². The van der Waals surface area contributed by atoms with E-state index in [4.69, 9.17) is 5.73 Å². The molecule has 0 spiro atoms. The topological polar surface area (TPSA) is 43.8 Å². The fourth-order valence-electron chi connectivity index (χ4n) is 1.62. The highest BCUT2D eigenvalue weighted by molar-refractivity contribution is 5.77. The first-order valence-corrected chi connectivity index (χ1v) is 4.36. The molecule has 0 radical (unpaired) electrons. The van der Waals surface area contributed by atoms with Crippen molar-refractivity contribution in [1.82, 2.24) is 9.55 Å². The van der Waals surface area contributed by atoms with E-state index in [2.05, 4.69) is 11.1 Å². The molecule has 0 saturated heterocycles. The summed E-state index contributed by atoms with van der Waals surface area (Å²) in [5.74, 6) is 0. The highest BCUT2D eigenvalue weighted by atomic mass is 15.0. The van der Waals surface area contributed by atoms with Crippen LogP contribution in [0.4, 0.5) is 0 Å². The van der Waals surface area contributed by atoms with E-state index in [0.29, 0.717) is 0 Å². The van der Waals surface area contributed by atoms with Crippen molar-refractivity contribution in [3.63, 3.8) is 0 Å². The number of aryl methyl sites for hydroxylation is 1. The number of hydrogen-bond acceptors (Lipinski definition) is 2. The molecule has 2 rings (SSSR count). The summed E-state index contributed by atoms with van der Waals surface area (Å²) in [4.78, 5) is 4.29. The number of aromatic nitrogens is 2. The van der Waals surface area contributed by atoms with Crippen molar-refractivity contribution in [2.24, 2.45) is 12.8 Å². The van der Waals surface area contributed by atoms with E-state index in [-0.39, 0.29) is 6.04 Å². The van der Waals surface area contributed by atoms with Gasteiger partial charge in [-0.1, -0.05) is 0 Å². The van der Waals surface area contributed by atoms with Crippen LogP contribution in [0.2, 0.25) is 0 Å². The van der Waals surface area contributed by atoms with Gasteiger partial charge in [-0.05, 0) is 25.1 Å². The Morgan fingerprint density at radius 2 is 2.31 bits per heavy atom. The normalized spacial score (nSPS) is 13.5. The molecule has 2 aromatic heterocycles. The molecule has 0 aliphatic carbocycles. The molecule has 0 amide bonds. The predicted octanol–water partition coefficient (Wildman–Crippen LogP) is 1.59. The maximum Gasteiger partial charge on any atom is 0.139 e. The van der Waals surface area contributed by atoms with Crippen molar-refractivity contribution in [3.8, 4) is 0 Å². The second-order valence-electron chi connectivity index (χ2n) is 3.33. The fourth-order valence-corrected chi connectivity index (χ4v) is 1.62. The van der Waals surface area contributed by atoms with Gasteiger partial charge in [0, 0.05) is 30.4 Å². The standard InChI is InChI=1S/C10H13N3/c1-7(11)9-6-8-4-3-5-12-10(8)13(9)2/h3-7H,11H2,1-2H3. The molecule has 13 heavy (non-hydrogen) atoms. The van der Waals surface area contributed by atoms with Crippen LogP contribution in [-0.4, -0.2) is 9.55 Å². The van der Waals surface area contributed by atoms with Crippen LogP contribution in [-0.2, 0) is 7.05 Å². The molecule has 0 aliphatic heterocycles. The number of pyridine rings is 1. The van der Waals surface area contributed by atoms with E-state index in [1.54, 1.807) is 6.20 Å². The summed E-state index contributed by atoms with van der Waals surface area (Å²) in [7, 11) is 1.99. The lowest BCUT2D eigenvalue weighted by molar-refractivity contribution is 0.723. The summed E-state index contributed by atoms with van der Waals surface area (Å²) in [6, 6.07) is 6.13. The number of nitrogens with zero attached hydrogens (tertiary/aromatic N) is 2. The first-order chi connectivity index (χ1) is 6.20. The van der Waals surface area contributed by atoms with Crippen molar-refractivity contribution >= 4 is 11.0 Å². The third kappa shape index (κ3) is 1.21. The molecule has 3 heteroatoms.